The van der Waals surface area contributed by atoms with Gasteiger partial charge in [0.25, 0.3) is 0 Å². The number of hydrogen-bond acceptors (Lipinski definition) is 5. The quantitative estimate of drug-likeness (QED) is 0.484. The Morgan fingerprint density at radius 2 is 1.85 bits per heavy atom. The van der Waals surface area contributed by atoms with Gasteiger partial charge in [0.05, 0.1) is 29.4 Å². The molecule has 1 heterocycles. The highest BCUT2D eigenvalue weighted by Gasteiger charge is 2.29. The summed E-state index contributed by atoms with van der Waals surface area (Å²) in [5.41, 5.74) is -0.255. The molecule has 2 aromatic rings. The topological polar surface area (TPSA) is 61.3 Å². The molecule has 0 saturated carbocycles. The van der Waals surface area contributed by atoms with Crippen molar-refractivity contribution in [1.82, 2.24) is 9.97 Å². The van der Waals surface area contributed by atoms with Gasteiger partial charge in [0.15, 0.2) is 11.5 Å². The normalized spacial score (nSPS) is 11.5. The number of Topliss-reactive ketones (excluding diaryl/α,β-unsaturated/α-hetero) is 1. The lowest BCUT2D eigenvalue weighted by Gasteiger charge is -2.12. The number of ether oxygens (including phenoxy) is 2. The molecule has 0 spiro atoms. The van der Waals surface area contributed by atoms with Crippen LogP contribution >= 0.6 is 11.6 Å². The van der Waals surface area contributed by atoms with Gasteiger partial charge in [-0.15, -0.1) is 0 Å². The molecule has 2 rings (SSSR count). The molecule has 0 aliphatic heterocycles. The highest BCUT2D eigenvalue weighted by atomic mass is 35.5. The number of hydrogen-bond donors (Lipinski definition) is 0. The first kappa shape index (κ1) is 19.8. The molecule has 11 heteroatoms. The zero-order valence-corrected chi connectivity index (χ0v) is 13.5. The Morgan fingerprint density at radius 1 is 1.19 bits per heavy atom. The highest BCUT2D eigenvalue weighted by Crippen LogP contribution is 2.32. The van der Waals surface area contributed by atoms with E-state index in [1.165, 1.54) is 18.2 Å². The van der Waals surface area contributed by atoms with E-state index in [1.54, 1.807) is 0 Å². The minimum atomic E-state index is -4.50. The van der Waals surface area contributed by atoms with Gasteiger partial charge in [0.2, 0.25) is 0 Å². The molecule has 0 aliphatic carbocycles. The summed E-state index contributed by atoms with van der Waals surface area (Å²) in [6, 6.07) is 3.68. The number of halogens is 6. The van der Waals surface area contributed by atoms with E-state index in [1.807, 2.05) is 0 Å². The molecule has 0 amide bonds. The first-order valence-corrected chi connectivity index (χ1v) is 7.36. The first-order chi connectivity index (χ1) is 12.2. The highest BCUT2D eigenvalue weighted by molar-refractivity contribution is 6.34. The molecule has 1 aromatic carbocycles. The number of carbonyl (C=O) groups is 1. The standard InChI is InChI=1S/C15H10ClF5N2O3/c16-9-2-1-3-11(12(9)10(24)4-5-15(19,20)21)26-14-22-6-8(7-23-14)25-13(17)18/h1-3,6-7,13H,4-5H2. The minimum absolute atomic E-state index is 0.104. The summed E-state index contributed by atoms with van der Waals surface area (Å²) in [4.78, 5) is 19.3. The molecule has 0 fully saturated rings. The lowest BCUT2D eigenvalue weighted by molar-refractivity contribution is -0.133. The Morgan fingerprint density at radius 3 is 2.42 bits per heavy atom. The zero-order valence-electron chi connectivity index (χ0n) is 12.8. The van der Waals surface area contributed by atoms with Crippen LogP contribution in [0, 0.1) is 0 Å². The predicted molar refractivity (Wildman–Crippen MR) is 79.8 cm³/mol. The number of carbonyl (C=O) groups excluding carboxylic acids is 1. The van der Waals surface area contributed by atoms with E-state index in [0.717, 1.165) is 12.4 Å². The average Bonchev–Trinajstić information content (AvgIpc) is 2.53. The van der Waals surface area contributed by atoms with Gasteiger partial charge in [-0.2, -0.15) is 31.9 Å². The number of benzene rings is 1. The second-order valence-electron chi connectivity index (χ2n) is 4.83. The maximum atomic E-state index is 12.3. The number of rotatable bonds is 7. The van der Waals surface area contributed by atoms with Gasteiger partial charge >= 0.3 is 18.8 Å². The molecule has 26 heavy (non-hydrogen) atoms. The summed E-state index contributed by atoms with van der Waals surface area (Å²) < 4.78 is 70.4. The predicted octanol–water partition coefficient (Wildman–Crippen LogP) is 5.05. The van der Waals surface area contributed by atoms with Crippen molar-refractivity contribution < 1.29 is 36.2 Å². The van der Waals surface area contributed by atoms with Crippen molar-refractivity contribution in [2.45, 2.75) is 25.6 Å². The van der Waals surface area contributed by atoms with Crippen LogP contribution in [0.25, 0.3) is 0 Å². The van der Waals surface area contributed by atoms with Crippen LogP contribution in [-0.4, -0.2) is 28.5 Å². The Hall–Kier alpha value is -2.49. The van der Waals surface area contributed by atoms with Crippen LogP contribution in [0.2, 0.25) is 5.02 Å². The molecule has 140 valence electrons. The van der Waals surface area contributed by atoms with Crippen molar-refractivity contribution in [1.29, 1.82) is 0 Å². The average molecular weight is 397 g/mol. The van der Waals surface area contributed by atoms with Gasteiger partial charge in [-0.1, -0.05) is 17.7 Å². The van der Waals surface area contributed by atoms with Crippen molar-refractivity contribution in [3.63, 3.8) is 0 Å². The van der Waals surface area contributed by atoms with E-state index in [9.17, 15) is 26.7 Å². The van der Waals surface area contributed by atoms with Crippen molar-refractivity contribution in [2.24, 2.45) is 0 Å². The van der Waals surface area contributed by atoms with Gasteiger partial charge in [0.1, 0.15) is 5.75 Å². The van der Waals surface area contributed by atoms with Gasteiger partial charge < -0.3 is 9.47 Å². The fraction of sp³-hybridized carbons (Fsp3) is 0.267. The molecule has 1 aromatic heterocycles. The molecule has 0 aliphatic rings. The summed E-state index contributed by atoms with van der Waals surface area (Å²) in [6.45, 7) is -3.06. The van der Waals surface area contributed by atoms with Crippen molar-refractivity contribution in [3.8, 4) is 17.5 Å². The fourth-order valence-electron chi connectivity index (χ4n) is 1.86. The summed E-state index contributed by atoms with van der Waals surface area (Å²) in [6.07, 6.45) is -4.81. The van der Waals surface area contributed by atoms with E-state index in [0.29, 0.717) is 0 Å². The summed E-state index contributed by atoms with van der Waals surface area (Å²) in [7, 11) is 0. The summed E-state index contributed by atoms with van der Waals surface area (Å²) in [5, 5.41) is -0.104. The van der Waals surface area contributed by atoms with Gasteiger partial charge in [-0.25, -0.2) is 0 Å². The summed E-state index contributed by atoms with van der Waals surface area (Å²) >= 11 is 5.90. The minimum Gasteiger partial charge on any atom is -0.432 e. The number of nitrogens with zero attached hydrogens (tertiary/aromatic N) is 2. The lowest BCUT2D eigenvalue weighted by Crippen LogP contribution is -2.12. The second-order valence-corrected chi connectivity index (χ2v) is 5.24. The molecule has 0 N–H and O–H groups in total. The molecule has 0 bridgehead atoms. The SMILES string of the molecule is O=C(CCC(F)(F)F)c1c(Cl)cccc1Oc1ncc(OC(F)F)cn1. The van der Waals surface area contributed by atoms with E-state index >= 15 is 0 Å². The third-order valence-electron chi connectivity index (χ3n) is 2.92. The molecule has 0 radical (unpaired) electrons. The third-order valence-corrected chi connectivity index (χ3v) is 3.24. The Kier molecular flexibility index (Phi) is 6.30. The number of aromatic nitrogens is 2. The van der Waals surface area contributed by atoms with Gasteiger partial charge in [-0.05, 0) is 12.1 Å². The Labute approximate surface area is 148 Å². The molecule has 0 saturated heterocycles. The van der Waals surface area contributed by atoms with Gasteiger partial charge in [0, 0.05) is 6.42 Å². The van der Waals surface area contributed by atoms with Crippen LogP contribution in [-0.2, 0) is 0 Å². The Balaban J connectivity index is 2.19. The monoisotopic (exact) mass is 396 g/mol. The third kappa shape index (κ3) is 5.80. The van der Waals surface area contributed by atoms with Crippen molar-refractivity contribution >= 4 is 17.4 Å². The van der Waals surface area contributed by atoms with E-state index in [2.05, 4.69) is 14.7 Å². The summed E-state index contributed by atoms with van der Waals surface area (Å²) in [5.74, 6) is -1.35. The van der Waals surface area contributed by atoms with E-state index < -0.39 is 31.4 Å². The molecule has 0 unspecified atom stereocenters. The van der Waals surface area contributed by atoms with Crippen LogP contribution in [0.4, 0.5) is 22.0 Å². The number of alkyl halides is 5. The van der Waals surface area contributed by atoms with Crippen LogP contribution in [0.5, 0.6) is 17.5 Å². The van der Waals surface area contributed by atoms with Crippen LogP contribution < -0.4 is 9.47 Å². The maximum Gasteiger partial charge on any atom is 0.389 e. The van der Waals surface area contributed by atoms with Crippen LogP contribution in [0.1, 0.15) is 23.2 Å². The van der Waals surface area contributed by atoms with Crippen LogP contribution in [0.15, 0.2) is 30.6 Å². The van der Waals surface area contributed by atoms with E-state index in [4.69, 9.17) is 16.3 Å². The van der Waals surface area contributed by atoms with Crippen LogP contribution in [0.3, 0.4) is 0 Å². The first-order valence-electron chi connectivity index (χ1n) is 6.99. The van der Waals surface area contributed by atoms with E-state index in [-0.39, 0.29) is 28.1 Å². The zero-order chi connectivity index (χ0) is 19.3. The molecular weight excluding hydrogens is 387 g/mol. The van der Waals surface area contributed by atoms with Crippen molar-refractivity contribution in [3.05, 3.63) is 41.2 Å². The van der Waals surface area contributed by atoms with Gasteiger partial charge in [-0.3, -0.25) is 4.79 Å². The maximum absolute atomic E-state index is 12.3. The largest absolute Gasteiger partial charge is 0.432 e. The fourth-order valence-corrected chi connectivity index (χ4v) is 2.13. The second kappa shape index (κ2) is 8.26. The molecule has 5 nitrogen and oxygen atoms in total. The lowest BCUT2D eigenvalue weighted by atomic mass is 10.1. The molecular formula is C15H10ClF5N2O3. The van der Waals surface area contributed by atoms with Crippen molar-refractivity contribution in [2.75, 3.05) is 0 Å². The number of ketones is 1. The Bertz CT molecular complexity index is 769. The smallest absolute Gasteiger partial charge is 0.389 e. The molecule has 0 atom stereocenters.